The molecule has 5 rings (SSSR count). The minimum Gasteiger partial charge on any atom is -0.487 e. The predicted molar refractivity (Wildman–Crippen MR) is 117 cm³/mol. The van der Waals surface area contributed by atoms with Crippen LogP contribution in [0.1, 0.15) is 36.3 Å². The number of aromatic nitrogens is 2. The molecular formula is C24H21ClN2O3. The van der Waals surface area contributed by atoms with Crippen molar-refractivity contribution in [3.05, 3.63) is 87.3 Å². The fourth-order valence-corrected chi connectivity index (χ4v) is 4.10. The van der Waals surface area contributed by atoms with Gasteiger partial charge >= 0.3 is 0 Å². The largest absolute Gasteiger partial charge is 0.487 e. The molecule has 0 atom stereocenters. The molecule has 0 unspecified atom stereocenters. The number of furan rings is 1. The Bertz CT molecular complexity index is 1260. The van der Waals surface area contributed by atoms with Crippen LogP contribution in [0.5, 0.6) is 5.75 Å². The van der Waals surface area contributed by atoms with E-state index in [4.69, 9.17) is 20.8 Å². The number of fused-ring (bicyclic) bond motifs is 3. The summed E-state index contributed by atoms with van der Waals surface area (Å²) in [5.74, 6) is 1.60. The van der Waals surface area contributed by atoms with E-state index in [0.717, 1.165) is 35.6 Å². The number of hydrogen-bond donors (Lipinski definition) is 0. The Morgan fingerprint density at radius 3 is 2.80 bits per heavy atom. The summed E-state index contributed by atoms with van der Waals surface area (Å²) in [7, 11) is 0. The van der Waals surface area contributed by atoms with Crippen molar-refractivity contribution in [3.8, 4) is 11.4 Å². The fourth-order valence-electron chi connectivity index (χ4n) is 3.99. The Morgan fingerprint density at radius 1 is 1.07 bits per heavy atom. The molecule has 0 saturated heterocycles. The quantitative estimate of drug-likeness (QED) is 0.410. The van der Waals surface area contributed by atoms with Crippen LogP contribution in [0.25, 0.3) is 16.7 Å². The molecule has 1 aromatic carbocycles. The summed E-state index contributed by atoms with van der Waals surface area (Å²) >= 11 is 5.84. The van der Waals surface area contributed by atoms with Gasteiger partial charge in [-0.25, -0.2) is 0 Å². The predicted octanol–water partition coefficient (Wildman–Crippen LogP) is 5.48. The van der Waals surface area contributed by atoms with E-state index < -0.39 is 0 Å². The van der Waals surface area contributed by atoms with Crippen LogP contribution >= 0.6 is 11.6 Å². The smallest absolute Gasteiger partial charge is 0.258 e. The van der Waals surface area contributed by atoms with Crippen molar-refractivity contribution < 1.29 is 9.15 Å². The van der Waals surface area contributed by atoms with E-state index in [9.17, 15) is 4.79 Å². The first kappa shape index (κ1) is 18.9. The molecular weight excluding hydrogens is 400 g/mol. The number of aryl methyl sites for hydroxylation is 2. The monoisotopic (exact) mass is 420 g/mol. The molecule has 0 radical (unpaired) electrons. The van der Waals surface area contributed by atoms with Crippen molar-refractivity contribution in [2.45, 2.75) is 38.7 Å². The van der Waals surface area contributed by atoms with Crippen molar-refractivity contribution >= 4 is 22.6 Å². The maximum atomic E-state index is 12.7. The fraction of sp³-hybridized carbons (Fsp3) is 0.250. The van der Waals surface area contributed by atoms with Crippen molar-refractivity contribution in [1.29, 1.82) is 0 Å². The molecule has 0 N–H and O–H groups in total. The van der Waals surface area contributed by atoms with Gasteiger partial charge in [-0.1, -0.05) is 18.0 Å². The van der Waals surface area contributed by atoms with Crippen molar-refractivity contribution in [2.75, 3.05) is 0 Å². The van der Waals surface area contributed by atoms with Gasteiger partial charge < -0.3 is 9.15 Å². The number of ether oxygens (including phenoxy) is 1. The lowest BCUT2D eigenvalue weighted by Gasteiger charge is -2.09. The highest BCUT2D eigenvalue weighted by atomic mass is 35.5. The minimum absolute atomic E-state index is 0.163. The standard InChI is InChI=1S/C24H21ClN2O3/c25-16-6-7-17(26-14-16)15-29-19-10-11-27(24(28)13-19)18-8-9-21-20-4-2-1-3-5-22(20)30-23(21)12-18/h6-14H,1-5,15H2. The van der Waals surface area contributed by atoms with Crippen LogP contribution in [-0.4, -0.2) is 9.55 Å². The first-order valence-electron chi connectivity index (χ1n) is 10.2. The molecule has 5 nitrogen and oxygen atoms in total. The van der Waals surface area contributed by atoms with E-state index in [1.165, 1.54) is 36.3 Å². The zero-order chi connectivity index (χ0) is 20.5. The molecule has 0 fully saturated rings. The van der Waals surface area contributed by atoms with Crippen LogP contribution < -0.4 is 10.3 Å². The van der Waals surface area contributed by atoms with Crippen LogP contribution in [0.15, 0.2) is 64.1 Å². The Hall–Kier alpha value is -3.05. The summed E-state index contributed by atoms with van der Waals surface area (Å²) < 4.78 is 13.4. The molecule has 0 aliphatic heterocycles. The maximum absolute atomic E-state index is 12.7. The van der Waals surface area contributed by atoms with E-state index in [1.807, 2.05) is 12.1 Å². The lowest BCUT2D eigenvalue weighted by Crippen LogP contribution is -2.16. The lowest BCUT2D eigenvalue weighted by molar-refractivity contribution is 0.300. The van der Waals surface area contributed by atoms with Crippen molar-refractivity contribution in [3.63, 3.8) is 0 Å². The van der Waals surface area contributed by atoms with Gasteiger partial charge in [0.25, 0.3) is 5.56 Å². The number of rotatable bonds is 4. The van der Waals surface area contributed by atoms with Gasteiger partial charge in [0.1, 0.15) is 23.7 Å². The molecule has 3 heterocycles. The molecule has 0 amide bonds. The third-order valence-electron chi connectivity index (χ3n) is 5.54. The first-order valence-corrected chi connectivity index (χ1v) is 10.6. The highest BCUT2D eigenvalue weighted by Gasteiger charge is 2.17. The van der Waals surface area contributed by atoms with Crippen molar-refractivity contribution in [2.24, 2.45) is 0 Å². The SMILES string of the molecule is O=c1cc(OCc2ccc(Cl)cn2)ccn1-c1ccc2c3c(oc2c1)CCCCC3. The Kier molecular flexibility index (Phi) is 5.05. The summed E-state index contributed by atoms with van der Waals surface area (Å²) in [5.41, 5.74) is 3.54. The minimum atomic E-state index is -0.163. The van der Waals surface area contributed by atoms with Crippen molar-refractivity contribution in [1.82, 2.24) is 9.55 Å². The summed E-state index contributed by atoms with van der Waals surface area (Å²) in [6.45, 7) is 0.268. The third kappa shape index (κ3) is 3.73. The van der Waals surface area contributed by atoms with Crippen LogP contribution in [0.3, 0.4) is 0 Å². The summed E-state index contributed by atoms with van der Waals surface area (Å²) in [6, 6.07) is 12.8. The first-order chi connectivity index (χ1) is 14.7. The third-order valence-corrected chi connectivity index (χ3v) is 5.76. The summed E-state index contributed by atoms with van der Waals surface area (Å²) in [6.07, 6.45) is 8.98. The molecule has 30 heavy (non-hydrogen) atoms. The van der Waals surface area contributed by atoms with Crippen LogP contribution in [0.4, 0.5) is 0 Å². The zero-order valence-electron chi connectivity index (χ0n) is 16.4. The lowest BCUT2D eigenvalue weighted by atomic mass is 10.1. The van der Waals surface area contributed by atoms with Gasteiger partial charge in [0.15, 0.2) is 0 Å². The van der Waals surface area contributed by atoms with Gasteiger partial charge in [-0.15, -0.1) is 0 Å². The zero-order valence-corrected chi connectivity index (χ0v) is 17.2. The highest BCUT2D eigenvalue weighted by Crippen LogP contribution is 2.32. The summed E-state index contributed by atoms with van der Waals surface area (Å²) in [5, 5.41) is 1.74. The number of halogens is 1. The Labute approximate surface area is 178 Å². The van der Waals surface area contributed by atoms with E-state index >= 15 is 0 Å². The van der Waals surface area contributed by atoms with Crippen LogP contribution in [-0.2, 0) is 19.4 Å². The summed E-state index contributed by atoms with van der Waals surface area (Å²) in [4.78, 5) is 16.9. The molecule has 0 spiro atoms. The van der Waals surface area contributed by atoms with E-state index in [1.54, 1.807) is 35.2 Å². The second kappa shape index (κ2) is 8.00. The van der Waals surface area contributed by atoms with E-state index in [2.05, 4.69) is 11.1 Å². The molecule has 6 heteroatoms. The Morgan fingerprint density at radius 2 is 1.97 bits per heavy atom. The normalized spacial score (nSPS) is 13.8. The topological polar surface area (TPSA) is 57.3 Å². The second-order valence-electron chi connectivity index (χ2n) is 7.57. The Balaban J connectivity index is 1.39. The molecule has 152 valence electrons. The maximum Gasteiger partial charge on any atom is 0.258 e. The van der Waals surface area contributed by atoms with Gasteiger partial charge in [-0.3, -0.25) is 14.3 Å². The van der Waals surface area contributed by atoms with E-state index in [-0.39, 0.29) is 12.2 Å². The number of benzene rings is 1. The van der Waals surface area contributed by atoms with Gasteiger partial charge in [0.2, 0.25) is 0 Å². The number of pyridine rings is 2. The number of nitrogens with zero attached hydrogens (tertiary/aromatic N) is 2. The molecule has 1 aliphatic carbocycles. The highest BCUT2D eigenvalue weighted by molar-refractivity contribution is 6.30. The van der Waals surface area contributed by atoms with Gasteiger partial charge in [-0.2, -0.15) is 0 Å². The van der Waals surface area contributed by atoms with Crippen LogP contribution in [0.2, 0.25) is 5.02 Å². The molecule has 0 saturated carbocycles. The van der Waals surface area contributed by atoms with Gasteiger partial charge in [0.05, 0.1) is 16.4 Å². The van der Waals surface area contributed by atoms with Crippen LogP contribution in [0, 0.1) is 0 Å². The van der Waals surface area contributed by atoms with Gasteiger partial charge in [-0.05, 0) is 49.6 Å². The van der Waals surface area contributed by atoms with E-state index in [0.29, 0.717) is 10.8 Å². The van der Waals surface area contributed by atoms with Gasteiger partial charge in [0, 0.05) is 41.9 Å². The molecule has 0 bridgehead atoms. The molecule has 3 aromatic heterocycles. The average molecular weight is 421 g/mol. The number of hydrogen-bond acceptors (Lipinski definition) is 4. The average Bonchev–Trinajstić information content (AvgIpc) is 2.93. The molecule has 4 aromatic rings. The molecule has 1 aliphatic rings. The second-order valence-corrected chi connectivity index (χ2v) is 8.01.